The van der Waals surface area contributed by atoms with E-state index in [1.54, 1.807) is 6.20 Å². The molecule has 0 atom stereocenters. The van der Waals surface area contributed by atoms with Crippen LogP contribution in [-0.4, -0.2) is 25.9 Å². The van der Waals surface area contributed by atoms with Crippen LogP contribution in [0.5, 0.6) is 0 Å². The van der Waals surface area contributed by atoms with E-state index < -0.39 is 0 Å². The van der Waals surface area contributed by atoms with Crippen molar-refractivity contribution >= 4 is 34.1 Å². The lowest BCUT2D eigenvalue weighted by Gasteiger charge is -2.12. The fraction of sp³-hybridized carbons (Fsp3) is 0.222. The smallest absolute Gasteiger partial charge is 0.200 e. The van der Waals surface area contributed by atoms with Crippen molar-refractivity contribution in [3.8, 4) is 11.1 Å². The van der Waals surface area contributed by atoms with Gasteiger partial charge in [0.05, 0.1) is 17.4 Å². The third-order valence-corrected chi connectivity index (χ3v) is 6.09. The predicted octanol–water partition coefficient (Wildman–Crippen LogP) is 6.28. The highest BCUT2D eigenvalue weighted by Gasteiger charge is 2.18. The Morgan fingerprint density at radius 1 is 1.08 bits per heavy atom. The van der Waals surface area contributed by atoms with E-state index in [2.05, 4.69) is 25.4 Å². The Bertz CT molecular complexity index is 1550. The number of rotatable bonds is 8. The first-order valence-corrected chi connectivity index (χ1v) is 11.9. The van der Waals surface area contributed by atoms with Crippen LogP contribution in [0.1, 0.15) is 45.7 Å². The highest BCUT2D eigenvalue weighted by Crippen LogP contribution is 2.32. The number of halogens is 1. The second-order valence-electron chi connectivity index (χ2n) is 8.60. The van der Waals surface area contributed by atoms with Crippen LogP contribution < -0.4 is 5.32 Å². The SMILES string of the molecule is Cc1cnc(CCC(=O)c2nc(NCc3cccc(Cl)c3)c3cc(-c4c(C)noc4C)ccc3n2)o1. The van der Waals surface area contributed by atoms with Crippen LogP contribution in [0, 0.1) is 20.8 Å². The van der Waals surface area contributed by atoms with Crippen molar-refractivity contribution in [2.45, 2.75) is 40.2 Å². The van der Waals surface area contributed by atoms with Crippen molar-refractivity contribution in [3.63, 3.8) is 0 Å². The van der Waals surface area contributed by atoms with E-state index >= 15 is 0 Å². The maximum atomic E-state index is 13.0. The van der Waals surface area contributed by atoms with Crippen LogP contribution in [0.4, 0.5) is 5.82 Å². The molecular formula is C27H24ClN5O3. The Labute approximate surface area is 212 Å². The molecule has 8 nitrogen and oxygen atoms in total. The molecule has 5 rings (SSSR count). The first kappa shape index (κ1) is 23.7. The Balaban J connectivity index is 1.51. The number of carbonyl (C=O) groups excluding carboxylic acids is 1. The van der Waals surface area contributed by atoms with E-state index in [1.807, 2.05) is 63.2 Å². The number of hydrogen-bond acceptors (Lipinski definition) is 8. The normalized spacial score (nSPS) is 11.2. The van der Waals surface area contributed by atoms with Gasteiger partial charge in [0.25, 0.3) is 0 Å². The number of nitrogens with one attached hydrogen (secondary N) is 1. The number of benzene rings is 2. The molecular weight excluding hydrogens is 478 g/mol. The van der Waals surface area contributed by atoms with Crippen molar-refractivity contribution in [2.24, 2.45) is 0 Å². The molecule has 3 aromatic heterocycles. The molecule has 36 heavy (non-hydrogen) atoms. The minimum Gasteiger partial charge on any atom is -0.446 e. The van der Waals surface area contributed by atoms with Crippen LogP contribution in [0.15, 0.2) is 57.6 Å². The molecule has 0 unspecified atom stereocenters. The summed E-state index contributed by atoms with van der Waals surface area (Å²) < 4.78 is 10.8. The van der Waals surface area contributed by atoms with Crippen molar-refractivity contribution in [2.75, 3.05) is 5.32 Å². The van der Waals surface area contributed by atoms with Crippen LogP contribution in [-0.2, 0) is 13.0 Å². The first-order valence-electron chi connectivity index (χ1n) is 11.6. The number of carbonyl (C=O) groups is 1. The number of anilines is 1. The van der Waals surface area contributed by atoms with E-state index in [0.717, 1.165) is 33.5 Å². The van der Waals surface area contributed by atoms with Crippen molar-refractivity contribution in [1.82, 2.24) is 20.1 Å². The number of hydrogen-bond donors (Lipinski definition) is 1. The monoisotopic (exact) mass is 501 g/mol. The second-order valence-corrected chi connectivity index (χ2v) is 9.03. The molecule has 0 bridgehead atoms. The molecule has 0 spiro atoms. The number of Topliss-reactive ketones (excluding diaryl/α,β-unsaturated/α-hetero) is 1. The largest absolute Gasteiger partial charge is 0.446 e. The van der Waals surface area contributed by atoms with Crippen LogP contribution >= 0.6 is 11.6 Å². The standard InChI is InChI=1S/C27H24ClN5O3/c1-15-13-29-24(35-15)10-9-23(34)27-31-22-8-7-19(25-16(2)33-36-17(25)3)12-21(22)26(32-27)30-14-18-5-4-6-20(28)11-18/h4-8,11-13H,9-10,14H2,1-3H3,(H,30,31,32). The Hall–Kier alpha value is -4.04. The molecule has 0 aliphatic rings. The van der Waals surface area contributed by atoms with Gasteiger partial charge < -0.3 is 14.3 Å². The molecule has 0 radical (unpaired) electrons. The second kappa shape index (κ2) is 9.91. The van der Waals surface area contributed by atoms with Gasteiger partial charge in [0.1, 0.15) is 17.3 Å². The summed E-state index contributed by atoms with van der Waals surface area (Å²) in [5, 5.41) is 8.88. The van der Waals surface area contributed by atoms with E-state index in [-0.39, 0.29) is 18.0 Å². The zero-order valence-corrected chi connectivity index (χ0v) is 20.9. The molecule has 3 heterocycles. The Morgan fingerprint density at radius 3 is 2.67 bits per heavy atom. The molecule has 182 valence electrons. The average Bonchev–Trinajstić information content (AvgIpc) is 3.44. The van der Waals surface area contributed by atoms with E-state index in [1.165, 1.54) is 0 Å². The van der Waals surface area contributed by atoms with Crippen LogP contribution in [0.2, 0.25) is 5.02 Å². The van der Waals surface area contributed by atoms with Gasteiger partial charge in [-0.1, -0.05) is 35.0 Å². The number of aromatic nitrogens is 4. The highest BCUT2D eigenvalue weighted by molar-refractivity contribution is 6.30. The van der Waals surface area contributed by atoms with Gasteiger partial charge in [-0.25, -0.2) is 15.0 Å². The molecule has 0 fully saturated rings. The first-order chi connectivity index (χ1) is 17.4. The Morgan fingerprint density at radius 2 is 1.94 bits per heavy atom. The van der Waals surface area contributed by atoms with Crippen molar-refractivity contribution in [1.29, 1.82) is 0 Å². The lowest BCUT2D eigenvalue weighted by molar-refractivity contribution is 0.0970. The number of fused-ring (bicyclic) bond motifs is 1. The van der Waals surface area contributed by atoms with Gasteiger partial charge in [-0.3, -0.25) is 4.79 Å². The summed E-state index contributed by atoms with van der Waals surface area (Å²) in [6.45, 7) is 6.08. The molecule has 0 saturated heterocycles. The molecule has 0 saturated carbocycles. The van der Waals surface area contributed by atoms with Gasteiger partial charge in [0.2, 0.25) is 5.78 Å². The minimum absolute atomic E-state index is 0.143. The van der Waals surface area contributed by atoms with E-state index in [4.69, 9.17) is 20.5 Å². The lowest BCUT2D eigenvalue weighted by Crippen LogP contribution is -2.11. The molecule has 0 aliphatic carbocycles. The minimum atomic E-state index is -0.187. The number of oxazole rings is 1. The summed E-state index contributed by atoms with van der Waals surface area (Å²) >= 11 is 6.16. The number of aryl methyl sites for hydroxylation is 4. The summed E-state index contributed by atoms with van der Waals surface area (Å²) in [7, 11) is 0. The van der Waals surface area contributed by atoms with Gasteiger partial charge in [0, 0.05) is 35.4 Å². The number of nitrogens with zero attached hydrogens (tertiary/aromatic N) is 4. The molecule has 0 aliphatic heterocycles. The topological polar surface area (TPSA) is 107 Å². The third-order valence-electron chi connectivity index (χ3n) is 5.85. The molecule has 1 N–H and O–H groups in total. The summed E-state index contributed by atoms with van der Waals surface area (Å²) in [6, 6.07) is 13.4. The van der Waals surface area contributed by atoms with Crippen molar-refractivity contribution < 1.29 is 13.7 Å². The Kier molecular flexibility index (Phi) is 6.52. The molecule has 5 aromatic rings. The van der Waals surface area contributed by atoms with Gasteiger partial charge >= 0.3 is 0 Å². The summed E-state index contributed by atoms with van der Waals surface area (Å²) in [5.41, 5.74) is 4.31. The van der Waals surface area contributed by atoms with Crippen LogP contribution in [0.25, 0.3) is 22.0 Å². The number of ketones is 1. The van der Waals surface area contributed by atoms with Gasteiger partial charge in [0.15, 0.2) is 11.7 Å². The van der Waals surface area contributed by atoms with Gasteiger partial charge in [-0.05, 0) is 56.2 Å². The van der Waals surface area contributed by atoms with Gasteiger partial charge in [-0.2, -0.15) is 0 Å². The predicted molar refractivity (Wildman–Crippen MR) is 137 cm³/mol. The van der Waals surface area contributed by atoms with E-state index in [0.29, 0.717) is 41.0 Å². The fourth-order valence-electron chi connectivity index (χ4n) is 4.12. The average molecular weight is 502 g/mol. The summed E-state index contributed by atoms with van der Waals surface area (Å²) in [5.74, 6) is 2.47. The lowest BCUT2D eigenvalue weighted by atomic mass is 10.0. The summed E-state index contributed by atoms with van der Waals surface area (Å²) in [6.07, 6.45) is 2.21. The summed E-state index contributed by atoms with van der Waals surface area (Å²) in [4.78, 5) is 26.4. The quantitative estimate of drug-likeness (QED) is 0.247. The fourth-order valence-corrected chi connectivity index (χ4v) is 4.33. The molecule has 9 heteroatoms. The third kappa shape index (κ3) is 4.99. The van der Waals surface area contributed by atoms with Crippen LogP contribution in [0.3, 0.4) is 0 Å². The maximum absolute atomic E-state index is 13.0. The molecule has 2 aromatic carbocycles. The molecule has 0 amide bonds. The zero-order valence-electron chi connectivity index (χ0n) is 20.1. The zero-order chi connectivity index (χ0) is 25.2. The van der Waals surface area contributed by atoms with Gasteiger partial charge in [-0.15, -0.1) is 0 Å². The maximum Gasteiger partial charge on any atom is 0.200 e. The highest BCUT2D eigenvalue weighted by atomic mass is 35.5. The van der Waals surface area contributed by atoms with Crippen molar-refractivity contribution in [3.05, 3.63) is 88.2 Å². The van der Waals surface area contributed by atoms with E-state index in [9.17, 15) is 4.79 Å².